The third-order valence-electron chi connectivity index (χ3n) is 2.47. The number of aromatic amines is 1. The second kappa shape index (κ2) is 3.39. The van der Waals surface area contributed by atoms with Gasteiger partial charge in [-0.1, -0.05) is 0 Å². The zero-order chi connectivity index (χ0) is 10.0. The molecule has 5 nitrogen and oxygen atoms in total. The third kappa shape index (κ3) is 1.49. The summed E-state index contributed by atoms with van der Waals surface area (Å²) in [7, 11) is 0. The number of rotatable bonds is 2. The first kappa shape index (κ1) is 9.16. The van der Waals surface area contributed by atoms with Crippen LogP contribution in [-0.2, 0) is 16.8 Å². The van der Waals surface area contributed by atoms with E-state index in [-0.39, 0.29) is 12.0 Å². The van der Waals surface area contributed by atoms with E-state index in [9.17, 15) is 0 Å². The molecule has 0 spiro atoms. The Kier molecular flexibility index (Phi) is 2.22. The van der Waals surface area contributed by atoms with Gasteiger partial charge in [0.2, 0.25) is 0 Å². The summed E-state index contributed by atoms with van der Waals surface area (Å²) in [5.41, 5.74) is -0.357. The number of nitrogens with one attached hydrogen (secondary N) is 1. The third-order valence-corrected chi connectivity index (χ3v) is 2.47. The number of hydrogen-bond acceptors (Lipinski definition) is 4. The summed E-state index contributed by atoms with van der Waals surface area (Å²) in [4.78, 5) is 4.24. The van der Waals surface area contributed by atoms with E-state index in [1.807, 2.05) is 13.0 Å². The normalized spacial score (nSPS) is 26.3. The van der Waals surface area contributed by atoms with Crippen LogP contribution in [0.2, 0.25) is 0 Å². The molecule has 0 amide bonds. The minimum absolute atomic E-state index is 0.267. The molecule has 1 aromatic heterocycles. The maximum Gasteiger partial charge on any atom is 0.182 e. The van der Waals surface area contributed by atoms with Gasteiger partial charge in [0.15, 0.2) is 5.82 Å². The lowest BCUT2D eigenvalue weighted by molar-refractivity contribution is 0.00959. The van der Waals surface area contributed by atoms with Gasteiger partial charge in [-0.25, -0.2) is 4.98 Å². The van der Waals surface area contributed by atoms with Crippen LogP contribution in [0.5, 0.6) is 0 Å². The lowest BCUT2D eigenvalue weighted by atomic mass is 10.0. The van der Waals surface area contributed by atoms with Crippen molar-refractivity contribution in [3.05, 3.63) is 11.6 Å². The first-order valence-corrected chi connectivity index (χ1v) is 4.67. The molecule has 1 aliphatic heterocycles. The first-order chi connectivity index (χ1) is 6.74. The molecule has 1 fully saturated rings. The van der Waals surface area contributed by atoms with Crippen LogP contribution in [0.15, 0.2) is 0 Å². The van der Waals surface area contributed by atoms with Gasteiger partial charge in [0, 0.05) is 6.61 Å². The quantitative estimate of drug-likeness (QED) is 0.755. The van der Waals surface area contributed by atoms with Gasteiger partial charge in [0.05, 0.1) is 12.5 Å². The number of aromatic nitrogens is 3. The van der Waals surface area contributed by atoms with Gasteiger partial charge < -0.3 is 4.74 Å². The predicted molar refractivity (Wildman–Crippen MR) is 48.2 cm³/mol. The van der Waals surface area contributed by atoms with E-state index in [0.29, 0.717) is 11.6 Å². The predicted octanol–water partition coefficient (Wildman–Crippen LogP) is 0.896. The van der Waals surface area contributed by atoms with Crippen LogP contribution >= 0.6 is 0 Å². The van der Waals surface area contributed by atoms with Crippen LogP contribution in [-0.4, -0.2) is 21.8 Å². The Morgan fingerprint density at radius 3 is 3.21 bits per heavy atom. The average Bonchev–Trinajstić information content (AvgIpc) is 2.75. The van der Waals surface area contributed by atoms with Crippen molar-refractivity contribution in [1.29, 1.82) is 5.26 Å². The Hall–Kier alpha value is -1.41. The van der Waals surface area contributed by atoms with Crippen LogP contribution in [0, 0.1) is 11.3 Å². The van der Waals surface area contributed by atoms with Gasteiger partial charge in [-0.3, -0.25) is 5.10 Å². The van der Waals surface area contributed by atoms with E-state index < -0.39 is 0 Å². The van der Waals surface area contributed by atoms with E-state index in [1.54, 1.807) is 0 Å². The maximum absolute atomic E-state index is 8.49. The van der Waals surface area contributed by atoms with Gasteiger partial charge in [-0.15, -0.1) is 0 Å². The summed E-state index contributed by atoms with van der Waals surface area (Å²) in [5.74, 6) is 1.28. The standard InChI is InChI=1S/C9H12N4O/c1-9(4-2-6-14-9)8-11-7(3-5-10)12-13-8/h2-4,6H2,1H3,(H,11,12,13). The number of ether oxygens (including phenoxy) is 1. The molecule has 2 heterocycles. The summed E-state index contributed by atoms with van der Waals surface area (Å²) in [6.45, 7) is 2.75. The molecular formula is C9H12N4O. The molecule has 0 radical (unpaired) electrons. The number of nitrogens with zero attached hydrogens (tertiary/aromatic N) is 3. The lowest BCUT2D eigenvalue weighted by Crippen LogP contribution is -2.21. The van der Waals surface area contributed by atoms with E-state index in [0.717, 1.165) is 19.4 Å². The van der Waals surface area contributed by atoms with Crippen LogP contribution in [0.1, 0.15) is 31.4 Å². The van der Waals surface area contributed by atoms with Crippen molar-refractivity contribution in [3.8, 4) is 6.07 Å². The van der Waals surface area contributed by atoms with Crippen LogP contribution in [0.25, 0.3) is 0 Å². The summed E-state index contributed by atoms with van der Waals surface area (Å²) in [6.07, 6.45) is 2.25. The molecule has 0 bridgehead atoms. The van der Waals surface area contributed by atoms with Crippen molar-refractivity contribution >= 4 is 0 Å². The van der Waals surface area contributed by atoms with Crippen molar-refractivity contribution in [2.24, 2.45) is 0 Å². The van der Waals surface area contributed by atoms with Gasteiger partial charge in [-0.05, 0) is 19.8 Å². The molecule has 1 aromatic rings. The Morgan fingerprint density at radius 1 is 1.71 bits per heavy atom. The minimum atomic E-state index is -0.357. The molecule has 0 aliphatic carbocycles. The highest BCUT2D eigenvalue weighted by molar-refractivity contribution is 5.05. The van der Waals surface area contributed by atoms with E-state index in [2.05, 4.69) is 15.2 Å². The summed E-state index contributed by atoms with van der Waals surface area (Å²) in [5, 5.41) is 15.3. The van der Waals surface area contributed by atoms with Crippen LogP contribution in [0.3, 0.4) is 0 Å². The second-order valence-electron chi connectivity index (χ2n) is 3.62. The molecule has 2 rings (SSSR count). The van der Waals surface area contributed by atoms with Gasteiger partial charge in [0.1, 0.15) is 11.4 Å². The molecule has 1 aliphatic rings. The average molecular weight is 192 g/mol. The van der Waals surface area contributed by atoms with E-state index in [4.69, 9.17) is 10.00 Å². The molecular weight excluding hydrogens is 180 g/mol. The van der Waals surface area contributed by atoms with Crippen LogP contribution < -0.4 is 0 Å². The highest BCUT2D eigenvalue weighted by atomic mass is 16.5. The highest BCUT2D eigenvalue weighted by Gasteiger charge is 2.35. The smallest absolute Gasteiger partial charge is 0.182 e. The Bertz CT molecular complexity index is 359. The largest absolute Gasteiger partial charge is 0.367 e. The fraction of sp³-hybridized carbons (Fsp3) is 0.667. The van der Waals surface area contributed by atoms with Crippen molar-refractivity contribution in [2.45, 2.75) is 31.8 Å². The molecule has 14 heavy (non-hydrogen) atoms. The fourth-order valence-corrected chi connectivity index (χ4v) is 1.64. The molecule has 0 saturated carbocycles. The van der Waals surface area contributed by atoms with Gasteiger partial charge in [0.25, 0.3) is 0 Å². The molecule has 1 N–H and O–H groups in total. The molecule has 5 heteroatoms. The lowest BCUT2D eigenvalue weighted by Gasteiger charge is -2.18. The zero-order valence-electron chi connectivity index (χ0n) is 8.08. The van der Waals surface area contributed by atoms with Crippen molar-refractivity contribution < 1.29 is 4.74 Å². The second-order valence-corrected chi connectivity index (χ2v) is 3.62. The maximum atomic E-state index is 8.49. The SMILES string of the molecule is CC1(c2n[nH]c(CC#N)n2)CCCO1. The van der Waals surface area contributed by atoms with Crippen molar-refractivity contribution in [3.63, 3.8) is 0 Å². The highest BCUT2D eigenvalue weighted by Crippen LogP contribution is 2.33. The fourth-order valence-electron chi connectivity index (χ4n) is 1.64. The Morgan fingerprint density at radius 2 is 2.57 bits per heavy atom. The van der Waals surface area contributed by atoms with Crippen LogP contribution in [0.4, 0.5) is 0 Å². The number of hydrogen-bond donors (Lipinski definition) is 1. The first-order valence-electron chi connectivity index (χ1n) is 4.67. The van der Waals surface area contributed by atoms with Gasteiger partial charge >= 0.3 is 0 Å². The molecule has 0 aromatic carbocycles. The molecule has 1 saturated heterocycles. The van der Waals surface area contributed by atoms with Crippen molar-refractivity contribution in [2.75, 3.05) is 6.61 Å². The molecule has 74 valence electrons. The summed E-state index contributed by atoms with van der Waals surface area (Å²) >= 11 is 0. The number of nitriles is 1. The Labute approximate surface area is 82.1 Å². The summed E-state index contributed by atoms with van der Waals surface area (Å²) < 4.78 is 5.59. The Balaban J connectivity index is 2.20. The van der Waals surface area contributed by atoms with E-state index >= 15 is 0 Å². The number of H-pyrrole nitrogens is 1. The molecule has 1 atom stereocenters. The summed E-state index contributed by atoms with van der Waals surface area (Å²) in [6, 6.07) is 2.03. The van der Waals surface area contributed by atoms with Crippen molar-refractivity contribution in [1.82, 2.24) is 15.2 Å². The zero-order valence-corrected chi connectivity index (χ0v) is 8.08. The monoisotopic (exact) mass is 192 g/mol. The van der Waals surface area contributed by atoms with E-state index in [1.165, 1.54) is 0 Å². The minimum Gasteiger partial charge on any atom is -0.367 e. The topological polar surface area (TPSA) is 74.6 Å². The van der Waals surface area contributed by atoms with Gasteiger partial charge in [-0.2, -0.15) is 10.4 Å². The molecule has 1 unspecified atom stereocenters.